The summed E-state index contributed by atoms with van der Waals surface area (Å²) in [6, 6.07) is 0. The number of nitrogens with zero attached hydrogens (tertiary/aromatic N) is 4. The maximum atomic E-state index is 12.3. The number of fused-ring (bicyclic) bond motifs is 1. The highest BCUT2D eigenvalue weighted by Crippen LogP contribution is 2.17. The Morgan fingerprint density at radius 1 is 1.45 bits per heavy atom. The first-order valence-corrected chi connectivity index (χ1v) is 7.26. The van der Waals surface area contributed by atoms with Crippen molar-refractivity contribution in [3.63, 3.8) is 0 Å². The van der Waals surface area contributed by atoms with Crippen molar-refractivity contribution in [2.75, 3.05) is 0 Å². The van der Waals surface area contributed by atoms with Crippen LogP contribution >= 0.6 is 11.3 Å². The first-order chi connectivity index (χ1) is 10.5. The second kappa shape index (κ2) is 5.34. The summed E-state index contributed by atoms with van der Waals surface area (Å²) in [4.78, 5) is 34.0. The fourth-order valence-corrected chi connectivity index (χ4v) is 2.67. The topological polar surface area (TPSA) is 99.6 Å². The van der Waals surface area contributed by atoms with E-state index in [0.29, 0.717) is 10.8 Å². The summed E-state index contributed by atoms with van der Waals surface area (Å²) < 4.78 is 11.4. The first-order valence-electron chi connectivity index (χ1n) is 6.44. The average Bonchev–Trinajstić information content (AvgIpc) is 3.04. The molecule has 0 spiro atoms. The third-order valence-corrected chi connectivity index (χ3v) is 3.83. The molecule has 0 aliphatic rings. The number of carbonyl (C=O) groups is 1. The number of hydrogen-bond acceptors (Lipinski definition) is 8. The van der Waals surface area contributed by atoms with Crippen LogP contribution < -0.4 is 5.56 Å². The summed E-state index contributed by atoms with van der Waals surface area (Å²) >= 11 is 1.37. The molecular weight excluding hydrogens is 308 g/mol. The molecule has 9 heteroatoms. The Labute approximate surface area is 128 Å². The van der Waals surface area contributed by atoms with Crippen molar-refractivity contribution in [3.05, 3.63) is 44.9 Å². The molecule has 0 aliphatic heterocycles. The van der Waals surface area contributed by atoms with E-state index < -0.39 is 17.6 Å². The van der Waals surface area contributed by atoms with E-state index >= 15 is 0 Å². The molecule has 0 saturated heterocycles. The summed E-state index contributed by atoms with van der Waals surface area (Å²) in [5, 5.41) is 3.62. The van der Waals surface area contributed by atoms with E-state index in [2.05, 4.69) is 15.1 Å². The SMILES string of the molecule is Cc1noc(C(C)OC(=O)c2cnc3sc(C)cn3c2=O)n1. The molecule has 0 aliphatic carbocycles. The maximum Gasteiger partial charge on any atom is 0.346 e. The van der Waals surface area contributed by atoms with Gasteiger partial charge in [-0.1, -0.05) is 5.16 Å². The van der Waals surface area contributed by atoms with Crippen LogP contribution in [-0.2, 0) is 4.74 Å². The number of aromatic nitrogens is 4. The van der Waals surface area contributed by atoms with Crippen molar-refractivity contribution in [1.82, 2.24) is 19.5 Å². The van der Waals surface area contributed by atoms with Gasteiger partial charge in [-0.3, -0.25) is 9.20 Å². The van der Waals surface area contributed by atoms with Gasteiger partial charge in [0.2, 0.25) is 0 Å². The first kappa shape index (κ1) is 14.4. The third-order valence-electron chi connectivity index (χ3n) is 2.92. The normalized spacial score (nSPS) is 12.5. The number of rotatable bonds is 3. The van der Waals surface area contributed by atoms with Crippen molar-refractivity contribution >= 4 is 22.3 Å². The van der Waals surface area contributed by atoms with Gasteiger partial charge in [0.15, 0.2) is 16.9 Å². The smallest absolute Gasteiger partial charge is 0.346 e. The third kappa shape index (κ3) is 2.50. The van der Waals surface area contributed by atoms with E-state index in [1.54, 1.807) is 20.0 Å². The van der Waals surface area contributed by atoms with Crippen LogP contribution in [0.2, 0.25) is 0 Å². The van der Waals surface area contributed by atoms with E-state index in [1.807, 2.05) is 6.92 Å². The molecule has 0 amide bonds. The second-order valence-corrected chi connectivity index (χ2v) is 5.91. The zero-order valence-corrected chi connectivity index (χ0v) is 12.9. The second-order valence-electron chi connectivity index (χ2n) is 4.70. The van der Waals surface area contributed by atoms with Crippen LogP contribution in [0.25, 0.3) is 4.96 Å². The Morgan fingerprint density at radius 2 is 2.23 bits per heavy atom. The molecule has 0 fully saturated rings. The summed E-state index contributed by atoms with van der Waals surface area (Å²) in [6.45, 7) is 5.10. The quantitative estimate of drug-likeness (QED) is 0.677. The van der Waals surface area contributed by atoms with Gasteiger partial charge in [0.05, 0.1) is 6.20 Å². The molecule has 1 atom stereocenters. The number of carbonyl (C=O) groups excluding carboxylic acids is 1. The number of esters is 1. The molecule has 22 heavy (non-hydrogen) atoms. The minimum absolute atomic E-state index is 0.140. The van der Waals surface area contributed by atoms with E-state index in [1.165, 1.54) is 21.9 Å². The predicted octanol–water partition coefficient (Wildman–Crippen LogP) is 1.67. The molecule has 0 aromatic carbocycles. The van der Waals surface area contributed by atoms with Gasteiger partial charge >= 0.3 is 5.97 Å². The molecule has 1 unspecified atom stereocenters. The van der Waals surface area contributed by atoms with Crippen LogP contribution in [0.5, 0.6) is 0 Å². The highest BCUT2D eigenvalue weighted by atomic mass is 32.1. The average molecular weight is 320 g/mol. The van der Waals surface area contributed by atoms with Crippen molar-refractivity contribution in [3.8, 4) is 0 Å². The standard InChI is InChI=1S/C13H12N4O4S/c1-6-5-17-11(18)9(4-14-13(17)22-6)12(19)20-7(2)10-15-8(3)16-21-10/h4-5,7H,1-3H3. The lowest BCUT2D eigenvalue weighted by Crippen LogP contribution is -2.23. The lowest BCUT2D eigenvalue weighted by molar-refractivity contribution is 0.0262. The molecule has 0 N–H and O–H groups in total. The van der Waals surface area contributed by atoms with Crippen molar-refractivity contribution in [2.45, 2.75) is 26.9 Å². The number of thiazole rings is 1. The lowest BCUT2D eigenvalue weighted by Gasteiger charge is -2.08. The van der Waals surface area contributed by atoms with Crippen LogP contribution in [0.3, 0.4) is 0 Å². The minimum Gasteiger partial charge on any atom is -0.449 e. The van der Waals surface area contributed by atoms with Crippen LogP contribution in [0.15, 0.2) is 21.7 Å². The largest absolute Gasteiger partial charge is 0.449 e. The van der Waals surface area contributed by atoms with Gasteiger partial charge in [-0.25, -0.2) is 9.78 Å². The zero-order valence-electron chi connectivity index (χ0n) is 12.1. The Kier molecular flexibility index (Phi) is 3.49. The van der Waals surface area contributed by atoms with Gasteiger partial charge in [-0.15, -0.1) is 11.3 Å². The van der Waals surface area contributed by atoms with Gasteiger partial charge in [0, 0.05) is 11.1 Å². The van der Waals surface area contributed by atoms with E-state index in [0.717, 1.165) is 4.88 Å². The van der Waals surface area contributed by atoms with Crippen molar-refractivity contribution in [2.24, 2.45) is 0 Å². The number of aryl methyl sites for hydroxylation is 2. The monoisotopic (exact) mass is 320 g/mol. The Morgan fingerprint density at radius 3 is 2.91 bits per heavy atom. The molecular formula is C13H12N4O4S. The van der Waals surface area contributed by atoms with Crippen LogP contribution in [0.1, 0.15) is 40.0 Å². The van der Waals surface area contributed by atoms with E-state index in [9.17, 15) is 9.59 Å². The predicted molar refractivity (Wildman–Crippen MR) is 76.9 cm³/mol. The summed E-state index contributed by atoms with van der Waals surface area (Å²) in [5.74, 6) is -0.166. The van der Waals surface area contributed by atoms with Crippen molar-refractivity contribution < 1.29 is 14.1 Å². The molecule has 3 aromatic rings. The van der Waals surface area contributed by atoms with Crippen LogP contribution in [0.4, 0.5) is 0 Å². The van der Waals surface area contributed by atoms with Gasteiger partial charge < -0.3 is 9.26 Å². The Bertz CT molecular complexity index is 910. The maximum absolute atomic E-state index is 12.3. The van der Waals surface area contributed by atoms with Gasteiger partial charge in [0.1, 0.15) is 5.56 Å². The molecule has 3 aromatic heterocycles. The summed E-state index contributed by atoms with van der Waals surface area (Å²) in [7, 11) is 0. The lowest BCUT2D eigenvalue weighted by atomic mass is 10.3. The Balaban J connectivity index is 1.89. The fourth-order valence-electron chi connectivity index (χ4n) is 1.89. The van der Waals surface area contributed by atoms with E-state index in [-0.39, 0.29) is 11.5 Å². The molecule has 0 radical (unpaired) electrons. The number of ether oxygens (including phenoxy) is 1. The summed E-state index contributed by atoms with van der Waals surface area (Å²) in [5.41, 5.74) is -0.605. The van der Waals surface area contributed by atoms with Crippen LogP contribution in [-0.4, -0.2) is 25.5 Å². The van der Waals surface area contributed by atoms with Gasteiger partial charge in [0.25, 0.3) is 11.4 Å². The zero-order chi connectivity index (χ0) is 15.9. The highest BCUT2D eigenvalue weighted by molar-refractivity contribution is 7.16. The summed E-state index contributed by atoms with van der Waals surface area (Å²) in [6.07, 6.45) is 2.11. The minimum atomic E-state index is -0.779. The van der Waals surface area contributed by atoms with E-state index in [4.69, 9.17) is 9.26 Å². The molecule has 8 nitrogen and oxygen atoms in total. The fraction of sp³-hybridized carbons (Fsp3) is 0.308. The molecule has 0 bridgehead atoms. The highest BCUT2D eigenvalue weighted by Gasteiger charge is 2.22. The number of hydrogen-bond donors (Lipinski definition) is 0. The van der Waals surface area contributed by atoms with Crippen molar-refractivity contribution in [1.29, 1.82) is 0 Å². The van der Waals surface area contributed by atoms with Gasteiger partial charge in [-0.05, 0) is 20.8 Å². The molecule has 3 heterocycles. The molecule has 114 valence electrons. The Hall–Kier alpha value is -2.55. The molecule has 0 saturated carbocycles. The van der Waals surface area contributed by atoms with Gasteiger partial charge in [-0.2, -0.15) is 4.98 Å². The molecule has 3 rings (SSSR count). The van der Waals surface area contributed by atoms with Crippen LogP contribution in [0, 0.1) is 13.8 Å².